The first-order valence-electron chi connectivity index (χ1n) is 6.61. The summed E-state index contributed by atoms with van der Waals surface area (Å²) in [6.07, 6.45) is 0.859. The molecule has 0 aliphatic carbocycles. The van der Waals surface area contributed by atoms with Gasteiger partial charge in [-0.15, -0.1) is 0 Å². The van der Waals surface area contributed by atoms with Gasteiger partial charge >= 0.3 is 5.51 Å². The number of alkyl halides is 3. The van der Waals surface area contributed by atoms with Gasteiger partial charge in [0.25, 0.3) is 9.84 Å². The lowest BCUT2D eigenvalue weighted by molar-refractivity contribution is -0.0436. The largest absolute Gasteiger partial charge is 0.501 e. The first-order valence-corrected chi connectivity index (χ1v) is 8.09. The number of halogens is 4. The van der Waals surface area contributed by atoms with Crippen LogP contribution in [-0.2, 0) is 14.6 Å². The average molecular weight is 374 g/mol. The van der Waals surface area contributed by atoms with Crippen LogP contribution in [0.5, 0.6) is 0 Å². The molecular weight excluding hydrogens is 364 g/mol. The van der Waals surface area contributed by atoms with Gasteiger partial charge in [0, 0.05) is 18.9 Å². The molecule has 1 atom stereocenters. The van der Waals surface area contributed by atoms with E-state index in [0.717, 1.165) is 36.7 Å². The fourth-order valence-corrected chi connectivity index (χ4v) is 2.94. The number of benzene rings is 1. The Morgan fingerprint density at radius 1 is 1.20 bits per heavy atom. The van der Waals surface area contributed by atoms with E-state index >= 15 is 0 Å². The van der Waals surface area contributed by atoms with Gasteiger partial charge in [-0.05, 0) is 17.7 Å². The predicted molar refractivity (Wildman–Crippen MR) is 77.4 cm³/mol. The van der Waals surface area contributed by atoms with Gasteiger partial charge in [0.15, 0.2) is 0 Å². The molecule has 2 aromatic rings. The summed E-state index contributed by atoms with van der Waals surface area (Å²) in [4.78, 5) is 2.59. The first kappa shape index (κ1) is 18.8. The zero-order chi connectivity index (χ0) is 18.8. The van der Waals surface area contributed by atoms with E-state index in [-0.39, 0.29) is 16.7 Å². The van der Waals surface area contributed by atoms with Crippen molar-refractivity contribution in [2.75, 3.05) is 7.11 Å². The minimum absolute atomic E-state index is 0.112. The van der Waals surface area contributed by atoms with Gasteiger partial charge in [0.1, 0.15) is 18.0 Å². The number of nitriles is 1. The van der Waals surface area contributed by atoms with Crippen molar-refractivity contribution in [3.05, 3.63) is 59.2 Å². The van der Waals surface area contributed by atoms with Crippen LogP contribution in [0.1, 0.15) is 22.8 Å². The van der Waals surface area contributed by atoms with Crippen LogP contribution in [0, 0.1) is 17.1 Å². The summed E-state index contributed by atoms with van der Waals surface area (Å²) in [5, 5.41) is 9.06. The van der Waals surface area contributed by atoms with Gasteiger partial charge in [-0.25, -0.2) is 12.8 Å². The Labute approximate surface area is 140 Å². The number of ether oxygens (including phenoxy) is 1. The maximum atomic E-state index is 14.0. The van der Waals surface area contributed by atoms with Gasteiger partial charge in [0.05, 0.1) is 16.7 Å². The molecular formula is C15H10F4N2O3S. The van der Waals surface area contributed by atoms with E-state index in [4.69, 9.17) is 10.00 Å². The second-order valence-electron chi connectivity index (χ2n) is 4.83. The number of hydrogen-bond donors (Lipinski definition) is 0. The van der Waals surface area contributed by atoms with Gasteiger partial charge in [0.2, 0.25) is 0 Å². The van der Waals surface area contributed by atoms with Crippen molar-refractivity contribution in [1.29, 1.82) is 5.26 Å². The molecule has 0 saturated carbocycles. The summed E-state index contributed by atoms with van der Waals surface area (Å²) < 4.78 is 79.6. The molecule has 0 aliphatic rings. The van der Waals surface area contributed by atoms with Gasteiger partial charge in [-0.3, -0.25) is 4.98 Å². The SMILES string of the molecule is COC(c1ccc(S(=O)(=O)C(F)(F)F)cc1)c1c(F)cncc1C#N. The predicted octanol–water partition coefficient (Wildman–Crippen LogP) is 3.12. The second-order valence-corrected chi connectivity index (χ2v) is 6.77. The van der Waals surface area contributed by atoms with Crippen molar-refractivity contribution in [1.82, 2.24) is 4.98 Å². The summed E-state index contributed by atoms with van der Waals surface area (Å²) in [6.45, 7) is 0. The highest BCUT2D eigenvalue weighted by atomic mass is 32.2. The lowest BCUT2D eigenvalue weighted by Gasteiger charge is -2.18. The number of sulfone groups is 1. The molecule has 0 spiro atoms. The average Bonchev–Trinajstić information content (AvgIpc) is 2.56. The molecule has 2 rings (SSSR count). The highest BCUT2D eigenvalue weighted by molar-refractivity contribution is 7.92. The van der Waals surface area contributed by atoms with Gasteiger partial charge in [-0.1, -0.05) is 12.1 Å². The molecule has 0 N–H and O–H groups in total. The normalized spacial score (nSPS) is 13.3. The molecule has 0 saturated heterocycles. The van der Waals surface area contributed by atoms with Crippen molar-refractivity contribution in [2.24, 2.45) is 0 Å². The molecule has 0 aliphatic heterocycles. The molecule has 1 aromatic carbocycles. The Balaban J connectivity index is 2.51. The minimum Gasteiger partial charge on any atom is -0.372 e. The van der Waals surface area contributed by atoms with E-state index in [1.54, 1.807) is 6.07 Å². The van der Waals surface area contributed by atoms with Crippen LogP contribution in [0.2, 0.25) is 0 Å². The zero-order valence-electron chi connectivity index (χ0n) is 12.6. The summed E-state index contributed by atoms with van der Waals surface area (Å²) >= 11 is 0. The molecule has 1 unspecified atom stereocenters. The highest BCUT2D eigenvalue weighted by Gasteiger charge is 2.46. The third kappa shape index (κ3) is 3.47. The summed E-state index contributed by atoms with van der Waals surface area (Å²) in [5.74, 6) is -0.835. The van der Waals surface area contributed by atoms with E-state index < -0.39 is 32.2 Å². The molecule has 10 heteroatoms. The molecule has 0 amide bonds. The highest BCUT2D eigenvalue weighted by Crippen LogP contribution is 2.33. The molecule has 1 heterocycles. The smallest absolute Gasteiger partial charge is 0.372 e. The summed E-state index contributed by atoms with van der Waals surface area (Å²) in [5.41, 5.74) is -5.52. The third-order valence-electron chi connectivity index (χ3n) is 3.36. The Kier molecular flexibility index (Phi) is 5.10. The number of pyridine rings is 1. The van der Waals surface area contributed by atoms with Crippen molar-refractivity contribution in [3.63, 3.8) is 0 Å². The van der Waals surface area contributed by atoms with Crippen LogP contribution in [0.25, 0.3) is 0 Å². The quantitative estimate of drug-likeness (QED) is 0.768. The van der Waals surface area contributed by atoms with Crippen molar-refractivity contribution in [3.8, 4) is 6.07 Å². The van der Waals surface area contributed by atoms with Crippen molar-refractivity contribution < 1.29 is 30.7 Å². The Morgan fingerprint density at radius 3 is 2.28 bits per heavy atom. The minimum atomic E-state index is -5.49. The number of methoxy groups -OCH3 is 1. The Hall–Kier alpha value is -2.51. The van der Waals surface area contributed by atoms with Crippen LogP contribution in [0.15, 0.2) is 41.6 Å². The topological polar surface area (TPSA) is 80.1 Å². The fraction of sp³-hybridized carbons (Fsp3) is 0.200. The van der Waals surface area contributed by atoms with E-state index in [2.05, 4.69) is 4.98 Å². The monoisotopic (exact) mass is 374 g/mol. The maximum absolute atomic E-state index is 14.0. The van der Waals surface area contributed by atoms with E-state index in [1.165, 1.54) is 7.11 Å². The Bertz CT molecular complexity index is 919. The fourth-order valence-electron chi connectivity index (χ4n) is 2.18. The van der Waals surface area contributed by atoms with Gasteiger partial charge < -0.3 is 4.74 Å². The summed E-state index contributed by atoms with van der Waals surface area (Å²) in [6, 6.07) is 5.37. The van der Waals surface area contributed by atoms with Crippen LogP contribution in [0.4, 0.5) is 17.6 Å². The number of hydrogen-bond acceptors (Lipinski definition) is 5. The van der Waals surface area contributed by atoms with Crippen molar-refractivity contribution in [2.45, 2.75) is 16.5 Å². The van der Waals surface area contributed by atoms with Gasteiger partial charge in [-0.2, -0.15) is 18.4 Å². The maximum Gasteiger partial charge on any atom is 0.501 e. The van der Waals surface area contributed by atoms with E-state index in [1.807, 2.05) is 0 Å². The second kappa shape index (κ2) is 6.78. The lowest BCUT2D eigenvalue weighted by atomic mass is 9.98. The molecule has 5 nitrogen and oxygen atoms in total. The third-order valence-corrected chi connectivity index (χ3v) is 4.86. The van der Waals surface area contributed by atoms with E-state index in [9.17, 15) is 26.0 Å². The number of rotatable bonds is 4. The standard InChI is InChI=1S/C15H10F4N2O3S/c1-24-14(13-10(6-20)7-21-8-12(13)16)9-2-4-11(5-3-9)25(22,23)15(17,18)19/h2-5,7-8,14H,1H3. The molecule has 0 fully saturated rings. The van der Waals surface area contributed by atoms with E-state index in [0.29, 0.717) is 0 Å². The van der Waals surface area contributed by atoms with Crippen LogP contribution < -0.4 is 0 Å². The number of aromatic nitrogens is 1. The molecule has 0 bridgehead atoms. The Morgan fingerprint density at radius 2 is 1.80 bits per heavy atom. The summed E-state index contributed by atoms with van der Waals surface area (Å²) in [7, 11) is -4.27. The van der Waals surface area contributed by atoms with Crippen LogP contribution >= 0.6 is 0 Å². The number of nitrogens with zero attached hydrogens (tertiary/aromatic N) is 2. The molecule has 132 valence electrons. The molecule has 0 radical (unpaired) electrons. The molecule has 1 aromatic heterocycles. The van der Waals surface area contributed by atoms with Crippen molar-refractivity contribution >= 4 is 9.84 Å². The molecule has 25 heavy (non-hydrogen) atoms. The zero-order valence-corrected chi connectivity index (χ0v) is 13.4. The van der Waals surface area contributed by atoms with Crippen LogP contribution in [0.3, 0.4) is 0 Å². The first-order chi connectivity index (χ1) is 11.6. The lowest BCUT2D eigenvalue weighted by Crippen LogP contribution is -2.23. The van der Waals surface area contributed by atoms with Crippen LogP contribution in [-0.4, -0.2) is 26.0 Å².